The predicted molar refractivity (Wildman–Crippen MR) is 64.1 cm³/mol. The highest BCUT2D eigenvalue weighted by molar-refractivity contribution is 5.59. The lowest BCUT2D eigenvalue weighted by molar-refractivity contribution is 0.306. The molecule has 0 unspecified atom stereocenters. The van der Waals surface area contributed by atoms with Crippen LogP contribution in [-0.2, 0) is 0 Å². The number of aromatic nitrogens is 4. The van der Waals surface area contributed by atoms with Crippen LogP contribution in [0.25, 0.3) is 5.82 Å². The fourth-order valence-electron chi connectivity index (χ4n) is 1.40. The maximum absolute atomic E-state index is 5.95. The molecule has 2 N–H and O–H groups in total. The third kappa shape index (κ3) is 2.35. The average Bonchev–Trinajstić information content (AvgIpc) is 2.74. The second-order valence-electron chi connectivity index (χ2n) is 3.73. The minimum absolute atomic E-state index is 0.407. The van der Waals surface area contributed by atoms with E-state index in [1.807, 2.05) is 20.0 Å². The summed E-state index contributed by atoms with van der Waals surface area (Å²) in [5.74, 6) is 0.948. The first kappa shape index (κ1) is 11.4. The van der Waals surface area contributed by atoms with Crippen LogP contribution >= 0.6 is 0 Å². The van der Waals surface area contributed by atoms with Gasteiger partial charge >= 0.3 is 0 Å². The minimum Gasteiger partial charge on any atom is -0.476 e. The van der Waals surface area contributed by atoms with Gasteiger partial charge in [-0.25, -0.2) is 9.67 Å². The van der Waals surface area contributed by atoms with Gasteiger partial charge in [0.25, 0.3) is 0 Å². The second-order valence-corrected chi connectivity index (χ2v) is 3.73. The normalized spacial score (nSPS) is 10.5. The number of nitrogen functional groups attached to an aromatic ring is 1. The van der Waals surface area contributed by atoms with E-state index in [9.17, 15) is 0 Å². The average molecular weight is 233 g/mol. The van der Waals surface area contributed by atoms with Crippen molar-refractivity contribution in [2.45, 2.75) is 20.3 Å². The summed E-state index contributed by atoms with van der Waals surface area (Å²) < 4.78 is 7.05. The Balaban J connectivity index is 2.35. The fourth-order valence-corrected chi connectivity index (χ4v) is 1.40. The lowest BCUT2D eigenvalue weighted by atomic mass is 10.4. The van der Waals surface area contributed by atoms with Crippen LogP contribution in [0.15, 0.2) is 18.7 Å². The zero-order valence-electron chi connectivity index (χ0n) is 9.92. The van der Waals surface area contributed by atoms with Crippen molar-refractivity contribution in [3.63, 3.8) is 0 Å². The number of anilines is 1. The quantitative estimate of drug-likeness (QED) is 0.862. The summed E-state index contributed by atoms with van der Waals surface area (Å²) in [6, 6.07) is 0. The summed E-state index contributed by atoms with van der Waals surface area (Å²) in [5, 5.41) is 4.16. The topological polar surface area (TPSA) is 78.9 Å². The van der Waals surface area contributed by atoms with Gasteiger partial charge in [-0.15, -0.1) is 0 Å². The summed E-state index contributed by atoms with van der Waals surface area (Å²) in [7, 11) is 0. The van der Waals surface area contributed by atoms with Crippen LogP contribution in [0, 0.1) is 6.92 Å². The first-order valence-corrected chi connectivity index (χ1v) is 5.47. The van der Waals surface area contributed by atoms with E-state index >= 15 is 0 Å². The monoisotopic (exact) mass is 233 g/mol. The van der Waals surface area contributed by atoms with Gasteiger partial charge in [-0.2, -0.15) is 10.1 Å². The van der Waals surface area contributed by atoms with E-state index in [1.54, 1.807) is 10.9 Å². The molecule has 0 aromatic carbocycles. The first-order valence-electron chi connectivity index (χ1n) is 5.47. The number of aryl methyl sites for hydroxylation is 1. The standard InChI is InChI=1S/C11H15N5O/c1-3-4-17-11-9(12)10(13-7-14-11)16-6-8(2)5-15-16/h5-7H,3-4,12H2,1-2H3. The largest absolute Gasteiger partial charge is 0.476 e. The molecule has 6 nitrogen and oxygen atoms in total. The van der Waals surface area contributed by atoms with Gasteiger partial charge < -0.3 is 10.5 Å². The second kappa shape index (κ2) is 4.82. The summed E-state index contributed by atoms with van der Waals surface area (Å²) in [6.45, 7) is 4.56. The smallest absolute Gasteiger partial charge is 0.242 e. The summed E-state index contributed by atoms with van der Waals surface area (Å²) >= 11 is 0. The first-order chi connectivity index (χ1) is 8.22. The summed E-state index contributed by atoms with van der Waals surface area (Å²) in [5.41, 5.74) is 7.40. The Hall–Kier alpha value is -2.11. The predicted octanol–water partition coefficient (Wildman–Crippen LogP) is 1.34. The number of hydrogen-bond donors (Lipinski definition) is 1. The molecule has 2 aromatic heterocycles. The molecule has 2 heterocycles. The van der Waals surface area contributed by atoms with Gasteiger partial charge in [0.2, 0.25) is 5.88 Å². The molecule has 90 valence electrons. The van der Waals surface area contributed by atoms with E-state index in [0.717, 1.165) is 12.0 Å². The van der Waals surface area contributed by atoms with Gasteiger partial charge in [0, 0.05) is 6.20 Å². The van der Waals surface area contributed by atoms with E-state index < -0.39 is 0 Å². The molecule has 0 saturated heterocycles. The molecule has 6 heteroatoms. The minimum atomic E-state index is 0.407. The van der Waals surface area contributed by atoms with Gasteiger partial charge in [0.1, 0.15) is 12.0 Å². The fraction of sp³-hybridized carbons (Fsp3) is 0.364. The van der Waals surface area contributed by atoms with Crippen molar-refractivity contribution in [2.24, 2.45) is 0 Å². The van der Waals surface area contributed by atoms with Crippen LogP contribution in [-0.4, -0.2) is 26.4 Å². The van der Waals surface area contributed by atoms with Crippen molar-refractivity contribution in [3.8, 4) is 11.7 Å². The Morgan fingerprint density at radius 3 is 2.88 bits per heavy atom. The molecule has 17 heavy (non-hydrogen) atoms. The Morgan fingerprint density at radius 1 is 1.41 bits per heavy atom. The van der Waals surface area contributed by atoms with E-state index in [-0.39, 0.29) is 0 Å². The Kier molecular flexibility index (Phi) is 3.22. The van der Waals surface area contributed by atoms with Crippen LogP contribution < -0.4 is 10.5 Å². The zero-order chi connectivity index (χ0) is 12.3. The molecule has 0 bridgehead atoms. The van der Waals surface area contributed by atoms with Crippen LogP contribution in [0.1, 0.15) is 18.9 Å². The third-order valence-corrected chi connectivity index (χ3v) is 2.20. The van der Waals surface area contributed by atoms with Crippen molar-refractivity contribution in [1.82, 2.24) is 19.7 Å². The number of nitrogens with zero attached hydrogens (tertiary/aromatic N) is 4. The maximum atomic E-state index is 5.95. The number of nitrogens with two attached hydrogens (primary N) is 1. The van der Waals surface area contributed by atoms with Gasteiger partial charge in [-0.3, -0.25) is 0 Å². The molecule has 0 aliphatic rings. The van der Waals surface area contributed by atoms with Crippen molar-refractivity contribution in [1.29, 1.82) is 0 Å². The van der Waals surface area contributed by atoms with Gasteiger partial charge in [0.15, 0.2) is 5.82 Å². The van der Waals surface area contributed by atoms with Crippen molar-refractivity contribution < 1.29 is 4.74 Å². The van der Waals surface area contributed by atoms with Gasteiger partial charge in [0.05, 0.1) is 12.8 Å². The number of ether oxygens (including phenoxy) is 1. The van der Waals surface area contributed by atoms with E-state index in [2.05, 4.69) is 15.1 Å². The Labute approximate surface area is 99.4 Å². The number of hydrogen-bond acceptors (Lipinski definition) is 5. The number of rotatable bonds is 4. The Bertz CT molecular complexity index is 508. The molecule has 0 aliphatic heterocycles. The van der Waals surface area contributed by atoms with Crippen molar-refractivity contribution in [3.05, 3.63) is 24.3 Å². The highest BCUT2D eigenvalue weighted by Crippen LogP contribution is 2.23. The van der Waals surface area contributed by atoms with E-state index in [4.69, 9.17) is 10.5 Å². The third-order valence-electron chi connectivity index (χ3n) is 2.20. The van der Waals surface area contributed by atoms with Crippen LogP contribution in [0.5, 0.6) is 5.88 Å². The van der Waals surface area contributed by atoms with Crippen LogP contribution in [0.2, 0.25) is 0 Å². The Morgan fingerprint density at radius 2 is 2.24 bits per heavy atom. The van der Waals surface area contributed by atoms with Gasteiger partial charge in [-0.05, 0) is 18.9 Å². The lowest BCUT2D eigenvalue weighted by Crippen LogP contribution is -2.08. The molecule has 0 amide bonds. The molecule has 0 spiro atoms. The highest BCUT2D eigenvalue weighted by Gasteiger charge is 2.11. The summed E-state index contributed by atoms with van der Waals surface area (Å²) in [4.78, 5) is 8.12. The SMILES string of the molecule is CCCOc1ncnc(-n2cc(C)cn2)c1N. The molecule has 0 aliphatic carbocycles. The lowest BCUT2D eigenvalue weighted by Gasteiger charge is -2.09. The molecule has 0 saturated carbocycles. The van der Waals surface area contributed by atoms with E-state index in [1.165, 1.54) is 6.33 Å². The summed E-state index contributed by atoms with van der Waals surface area (Å²) in [6.07, 6.45) is 5.92. The molecule has 0 fully saturated rings. The highest BCUT2D eigenvalue weighted by atomic mass is 16.5. The molecule has 2 aromatic rings. The zero-order valence-corrected chi connectivity index (χ0v) is 9.92. The molecule has 0 radical (unpaired) electrons. The van der Waals surface area contributed by atoms with Crippen molar-refractivity contribution in [2.75, 3.05) is 12.3 Å². The maximum Gasteiger partial charge on any atom is 0.242 e. The van der Waals surface area contributed by atoms with Crippen LogP contribution in [0.4, 0.5) is 5.69 Å². The van der Waals surface area contributed by atoms with E-state index in [0.29, 0.717) is 24.0 Å². The van der Waals surface area contributed by atoms with Crippen LogP contribution in [0.3, 0.4) is 0 Å². The molecular formula is C11H15N5O. The molecule has 0 atom stereocenters. The van der Waals surface area contributed by atoms with Gasteiger partial charge in [-0.1, -0.05) is 6.92 Å². The van der Waals surface area contributed by atoms with Crippen molar-refractivity contribution >= 4 is 5.69 Å². The molecule has 2 rings (SSSR count). The molecular weight excluding hydrogens is 218 g/mol.